The minimum Gasteiger partial charge on any atom is -0.363 e. The third kappa shape index (κ3) is 7.81. The van der Waals surface area contributed by atoms with Crippen LogP contribution < -0.4 is 5.32 Å². The van der Waals surface area contributed by atoms with Crippen LogP contribution in [-0.2, 0) is 4.79 Å². The van der Waals surface area contributed by atoms with E-state index >= 15 is 0 Å². The Hall–Kier alpha value is -0.0900. The van der Waals surface area contributed by atoms with Crippen LogP contribution >= 0.6 is 24.0 Å². The average molecular weight is 191 g/mol. The maximum atomic E-state index is 10.3. The van der Waals surface area contributed by atoms with Gasteiger partial charge in [-0.05, 0) is 17.7 Å². The second-order valence-corrected chi connectivity index (χ2v) is 4.58. The second kappa shape index (κ2) is 5.55. The minimum absolute atomic E-state index is 0.116. The number of hydrogen-bond donors (Lipinski definition) is 1. The molecule has 0 aliphatic carbocycles. The van der Waals surface area contributed by atoms with Gasteiger partial charge in [-0.2, -0.15) is 0 Å². The molecule has 0 atom stereocenters. The molecule has 0 bridgehead atoms. The smallest absolute Gasteiger partial charge is 0.214 e. The summed E-state index contributed by atoms with van der Waals surface area (Å²) >= 11 is 5.73. The minimum atomic E-state index is 0.116. The van der Waals surface area contributed by atoms with Crippen molar-refractivity contribution >= 4 is 33.4 Å². The Labute approximate surface area is 77.1 Å². The van der Waals surface area contributed by atoms with Gasteiger partial charge in [0.1, 0.15) is 4.32 Å². The summed E-state index contributed by atoms with van der Waals surface area (Å²) in [6.45, 7) is 6.91. The van der Waals surface area contributed by atoms with Crippen LogP contribution in [0.5, 0.6) is 0 Å². The third-order valence-electron chi connectivity index (χ3n) is 0.584. The van der Waals surface area contributed by atoms with Gasteiger partial charge in [0.2, 0.25) is 5.12 Å². The van der Waals surface area contributed by atoms with Crippen molar-refractivity contribution in [2.45, 2.75) is 20.8 Å². The molecule has 1 heterocycles. The summed E-state index contributed by atoms with van der Waals surface area (Å²) in [6.07, 6.45) is 0. The Kier molecular flexibility index (Phi) is 5.50. The molecule has 0 spiro atoms. The largest absolute Gasteiger partial charge is 0.363 e. The van der Waals surface area contributed by atoms with Crippen molar-refractivity contribution in [3.05, 3.63) is 0 Å². The molecule has 1 rings (SSSR count). The van der Waals surface area contributed by atoms with Crippen molar-refractivity contribution in [2.24, 2.45) is 5.92 Å². The molecule has 0 saturated carbocycles. The van der Waals surface area contributed by atoms with Crippen molar-refractivity contribution in [1.29, 1.82) is 0 Å². The van der Waals surface area contributed by atoms with E-state index in [9.17, 15) is 4.79 Å². The lowest BCUT2D eigenvalue weighted by Crippen LogP contribution is -2.11. The van der Waals surface area contributed by atoms with Crippen molar-refractivity contribution in [1.82, 2.24) is 5.32 Å². The van der Waals surface area contributed by atoms with Gasteiger partial charge < -0.3 is 5.32 Å². The topological polar surface area (TPSA) is 29.1 Å². The Morgan fingerprint density at radius 1 is 1.55 bits per heavy atom. The number of thiocarbonyl (C=S) groups is 1. The molecule has 1 aliphatic rings. The first-order valence-corrected chi connectivity index (χ1v) is 4.73. The van der Waals surface area contributed by atoms with Gasteiger partial charge in [-0.15, -0.1) is 0 Å². The van der Waals surface area contributed by atoms with E-state index in [2.05, 4.69) is 38.3 Å². The maximum absolute atomic E-state index is 10.3. The van der Waals surface area contributed by atoms with E-state index < -0.39 is 0 Å². The summed E-state index contributed by atoms with van der Waals surface area (Å²) < 4.78 is 0.602. The fourth-order valence-electron chi connectivity index (χ4n) is 0.320. The van der Waals surface area contributed by atoms with Gasteiger partial charge in [0, 0.05) is 0 Å². The Morgan fingerprint density at radius 3 is 2.09 bits per heavy atom. The van der Waals surface area contributed by atoms with E-state index in [1.807, 2.05) is 0 Å². The highest BCUT2D eigenvalue weighted by Gasteiger charge is 2.13. The van der Waals surface area contributed by atoms with Crippen LogP contribution in [0.15, 0.2) is 0 Å². The second-order valence-electron chi connectivity index (χ2n) is 2.85. The molecule has 0 aromatic carbocycles. The van der Waals surface area contributed by atoms with E-state index in [1.165, 1.54) is 0 Å². The summed E-state index contributed by atoms with van der Waals surface area (Å²) in [7, 11) is 0. The predicted molar refractivity (Wildman–Crippen MR) is 53.7 cm³/mol. The molecule has 1 aliphatic heterocycles. The van der Waals surface area contributed by atoms with Crippen LogP contribution in [-0.4, -0.2) is 16.0 Å². The molecule has 64 valence electrons. The number of carbonyl (C=O) groups is 1. The van der Waals surface area contributed by atoms with Gasteiger partial charge in [-0.1, -0.05) is 33.0 Å². The Morgan fingerprint density at radius 2 is 2.00 bits per heavy atom. The van der Waals surface area contributed by atoms with Gasteiger partial charge in [-0.3, -0.25) is 4.79 Å². The van der Waals surface area contributed by atoms with Crippen LogP contribution in [0, 0.1) is 5.92 Å². The zero-order chi connectivity index (χ0) is 8.85. The van der Waals surface area contributed by atoms with Gasteiger partial charge in [-0.25, -0.2) is 0 Å². The van der Waals surface area contributed by atoms with Crippen LogP contribution in [0.25, 0.3) is 0 Å². The van der Waals surface area contributed by atoms with Crippen molar-refractivity contribution in [3.63, 3.8) is 0 Å². The fraction of sp³-hybridized carbons (Fsp3) is 0.714. The predicted octanol–water partition coefficient (Wildman–Crippen LogP) is 1.80. The first kappa shape index (κ1) is 10.9. The third-order valence-corrected chi connectivity index (χ3v) is 1.68. The van der Waals surface area contributed by atoms with E-state index in [0.29, 0.717) is 10.9 Å². The number of rotatable bonds is 0. The molecule has 2 nitrogen and oxygen atoms in total. The number of carbonyl (C=O) groups excluding carboxylic acids is 1. The van der Waals surface area contributed by atoms with Crippen LogP contribution in [0.3, 0.4) is 0 Å². The number of thioether (sulfide) groups is 1. The molecule has 0 aromatic rings. The standard InChI is InChI=1S/C4H10.C3H3NOS2/c1-4(2)3;5-2-1-4-3(6)7-2/h4H,1-3H3;1H2,(H,4,6). The molecule has 1 N–H and O–H groups in total. The van der Waals surface area contributed by atoms with Crippen molar-refractivity contribution < 1.29 is 4.79 Å². The van der Waals surface area contributed by atoms with Gasteiger partial charge in [0.05, 0.1) is 6.54 Å². The van der Waals surface area contributed by atoms with Gasteiger partial charge >= 0.3 is 0 Å². The summed E-state index contributed by atoms with van der Waals surface area (Å²) in [5.41, 5.74) is 0. The fourth-order valence-corrected chi connectivity index (χ4v) is 1.17. The molecule has 0 aromatic heterocycles. The van der Waals surface area contributed by atoms with Gasteiger partial charge in [0.15, 0.2) is 0 Å². The molecular weight excluding hydrogens is 178 g/mol. The lowest BCUT2D eigenvalue weighted by molar-refractivity contribution is -0.109. The normalized spacial score (nSPS) is 16.0. The Balaban J connectivity index is 0.000000218. The molecule has 1 saturated heterocycles. The number of hydrogen-bond acceptors (Lipinski definition) is 3. The molecule has 11 heavy (non-hydrogen) atoms. The maximum Gasteiger partial charge on any atom is 0.214 e. The Bertz CT molecular complexity index is 140. The molecule has 0 amide bonds. The quantitative estimate of drug-likeness (QED) is 0.591. The summed E-state index contributed by atoms with van der Waals surface area (Å²) in [5.74, 6) is 0.833. The van der Waals surface area contributed by atoms with Gasteiger partial charge in [0.25, 0.3) is 0 Å². The summed E-state index contributed by atoms with van der Waals surface area (Å²) in [4.78, 5) is 10.3. The molecule has 4 heteroatoms. The van der Waals surface area contributed by atoms with Crippen LogP contribution in [0.2, 0.25) is 0 Å². The molecule has 1 fully saturated rings. The number of nitrogens with one attached hydrogen (secondary N) is 1. The zero-order valence-corrected chi connectivity index (χ0v) is 8.64. The summed E-state index contributed by atoms with van der Waals surface area (Å²) in [5, 5.41) is 2.83. The van der Waals surface area contributed by atoms with E-state index in [0.717, 1.165) is 17.7 Å². The first-order chi connectivity index (χ1) is 5.02. The van der Waals surface area contributed by atoms with Crippen molar-refractivity contribution in [2.75, 3.05) is 6.54 Å². The lowest BCUT2D eigenvalue weighted by Gasteiger charge is -1.80. The van der Waals surface area contributed by atoms with E-state index in [4.69, 9.17) is 0 Å². The van der Waals surface area contributed by atoms with E-state index in [1.54, 1.807) is 0 Å². The highest BCUT2D eigenvalue weighted by atomic mass is 32.2. The lowest BCUT2D eigenvalue weighted by atomic mass is 10.3. The SMILES string of the molecule is CC(C)C.O=C1CNC(=S)S1. The van der Waals surface area contributed by atoms with Crippen LogP contribution in [0.4, 0.5) is 0 Å². The molecule has 0 radical (unpaired) electrons. The summed E-state index contributed by atoms with van der Waals surface area (Å²) in [6, 6.07) is 0. The first-order valence-electron chi connectivity index (χ1n) is 3.51. The highest BCUT2D eigenvalue weighted by molar-refractivity contribution is 8.33. The molecular formula is C7H13NOS2. The zero-order valence-electron chi connectivity index (χ0n) is 7.01. The average Bonchev–Trinajstić information content (AvgIpc) is 2.13. The van der Waals surface area contributed by atoms with Crippen molar-refractivity contribution in [3.8, 4) is 0 Å². The monoisotopic (exact) mass is 191 g/mol. The molecule has 0 unspecified atom stereocenters. The highest BCUT2D eigenvalue weighted by Crippen LogP contribution is 2.08. The van der Waals surface area contributed by atoms with Crippen LogP contribution in [0.1, 0.15) is 20.8 Å². The van der Waals surface area contributed by atoms with E-state index in [-0.39, 0.29) is 5.12 Å².